The van der Waals surface area contributed by atoms with Gasteiger partial charge in [-0.05, 0) is 17.7 Å². The quantitative estimate of drug-likeness (QED) is 0.442. The summed E-state index contributed by atoms with van der Waals surface area (Å²) in [5.41, 5.74) is 1.27. The molecule has 14 heavy (non-hydrogen) atoms. The fourth-order valence-electron chi connectivity index (χ4n) is 0.876. The average molecular weight is 195 g/mol. The van der Waals surface area contributed by atoms with Gasteiger partial charge in [0.05, 0.1) is 5.69 Å². The molecule has 1 rings (SSSR count). The van der Waals surface area contributed by atoms with E-state index in [1.807, 2.05) is 0 Å². The highest BCUT2D eigenvalue weighted by molar-refractivity contribution is 5.53. The van der Waals surface area contributed by atoms with E-state index in [1.54, 1.807) is 30.3 Å². The summed E-state index contributed by atoms with van der Waals surface area (Å²) in [5, 5.41) is 9.54. The van der Waals surface area contributed by atoms with E-state index in [2.05, 4.69) is 11.5 Å². The van der Waals surface area contributed by atoms with E-state index in [1.165, 1.54) is 0 Å². The topological polar surface area (TPSA) is 81.6 Å². The van der Waals surface area contributed by atoms with E-state index >= 15 is 0 Å². The Bertz CT molecular complexity index is 336. The molecule has 0 saturated carbocycles. The van der Waals surface area contributed by atoms with Crippen LogP contribution < -0.4 is 11.0 Å². The molecular formula is C8H9N3O3. The van der Waals surface area contributed by atoms with E-state index in [9.17, 15) is 10.1 Å². The molecule has 0 unspecified atom stereocenters. The maximum absolute atomic E-state index is 9.95. The van der Waals surface area contributed by atoms with Crippen LogP contribution in [0, 0.1) is 10.1 Å². The predicted molar refractivity (Wildman–Crippen MR) is 51.3 cm³/mol. The van der Waals surface area contributed by atoms with Crippen molar-refractivity contribution in [3.05, 3.63) is 46.5 Å². The number of anilines is 1. The molecule has 1 aromatic rings. The third-order valence-electron chi connectivity index (χ3n) is 1.54. The zero-order chi connectivity index (χ0) is 10.6. The average Bonchev–Trinajstić information content (AvgIpc) is 2.17. The number of nitrogens with two attached hydrogens (primary N) is 1. The Kier molecular flexibility index (Phi) is 3.03. The summed E-state index contributed by atoms with van der Waals surface area (Å²) < 4.78 is 0. The third-order valence-corrected chi connectivity index (χ3v) is 1.54. The monoisotopic (exact) mass is 195 g/mol. The predicted octanol–water partition coefficient (Wildman–Crippen LogP) is 1.13. The van der Waals surface area contributed by atoms with Gasteiger partial charge in [0.25, 0.3) is 0 Å². The van der Waals surface area contributed by atoms with Crippen molar-refractivity contribution < 1.29 is 10.0 Å². The van der Waals surface area contributed by atoms with Crippen molar-refractivity contribution in [2.45, 2.75) is 0 Å². The van der Waals surface area contributed by atoms with Gasteiger partial charge >= 0.3 is 5.09 Å². The highest BCUT2D eigenvalue weighted by atomic mass is 17.0. The molecular weight excluding hydrogens is 186 g/mol. The lowest BCUT2D eigenvalue weighted by Gasteiger charge is -2.13. The van der Waals surface area contributed by atoms with Crippen LogP contribution in [0.15, 0.2) is 30.8 Å². The molecule has 2 N–H and O–H groups in total. The Morgan fingerprint density at radius 2 is 2.07 bits per heavy atom. The zero-order valence-electron chi connectivity index (χ0n) is 7.29. The van der Waals surface area contributed by atoms with Crippen molar-refractivity contribution in [3.63, 3.8) is 0 Å². The smallest absolute Gasteiger partial charge is 0.223 e. The first-order valence-electron chi connectivity index (χ1n) is 3.73. The third kappa shape index (κ3) is 2.46. The van der Waals surface area contributed by atoms with Crippen LogP contribution in [-0.2, 0) is 4.94 Å². The number of hydrogen-bond donors (Lipinski definition) is 1. The van der Waals surface area contributed by atoms with Crippen LogP contribution >= 0.6 is 0 Å². The lowest BCUT2D eigenvalue weighted by Crippen LogP contribution is -2.33. The van der Waals surface area contributed by atoms with Crippen LogP contribution in [-0.4, -0.2) is 5.09 Å². The Balaban J connectivity index is 2.75. The van der Waals surface area contributed by atoms with Gasteiger partial charge in [0.1, 0.15) is 0 Å². The molecule has 0 saturated heterocycles. The molecule has 0 atom stereocenters. The normalized spacial score (nSPS) is 9.21. The van der Waals surface area contributed by atoms with Gasteiger partial charge in [0.2, 0.25) is 0 Å². The molecule has 0 spiro atoms. The van der Waals surface area contributed by atoms with E-state index in [0.29, 0.717) is 10.9 Å². The number of hydrogen-bond acceptors (Lipinski definition) is 5. The molecule has 74 valence electrons. The second-order valence-electron chi connectivity index (χ2n) is 2.43. The minimum atomic E-state index is -0.985. The second kappa shape index (κ2) is 4.24. The van der Waals surface area contributed by atoms with Crippen molar-refractivity contribution in [3.8, 4) is 0 Å². The Morgan fingerprint density at radius 1 is 1.50 bits per heavy atom. The van der Waals surface area contributed by atoms with Crippen LogP contribution in [0.3, 0.4) is 0 Å². The summed E-state index contributed by atoms with van der Waals surface area (Å²) in [6.45, 7) is 3.57. The van der Waals surface area contributed by atoms with Crippen LogP contribution in [0.4, 0.5) is 5.69 Å². The highest BCUT2D eigenvalue weighted by Crippen LogP contribution is 2.13. The Hall–Kier alpha value is -2.08. The fraction of sp³-hybridized carbons (Fsp3) is 0. The summed E-state index contributed by atoms with van der Waals surface area (Å²) in [6, 6.07) is 6.60. The summed E-state index contributed by atoms with van der Waals surface area (Å²) in [5.74, 6) is 5.23. The van der Waals surface area contributed by atoms with Gasteiger partial charge in [-0.25, -0.2) is 5.84 Å². The standard InChI is InChI=1S/C8H9N3O3/c1-2-7-3-5-8(6-4-7)10(9)14-11(12)13/h2-6H,1,9H2. The maximum atomic E-state index is 9.95. The number of nitrogens with zero attached hydrogens (tertiary/aromatic N) is 2. The first-order chi connectivity index (χ1) is 6.63. The molecule has 0 aliphatic heterocycles. The fourth-order valence-corrected chi connectivity index (χ4v) is 0.876. The summed E-state index contributed by atoms with van der Waals surface area (Å²) in [6.07, 6.45) is 1.65. The second-order valence-corrected chi connectivity index (χ2v) is 2.43. The molecule has 6 nitrogen and oxygen atoms in total. The Labute approximate surface area is 80.2 Å². The van der Waals surface area contributed by atoms with Gasteiger partial charge < -0.3 is 0 Å². The summed E-state index contributed by atoms with van der Waals surface area (Å²) in [4.78, 5) is 14.0. The molecule has 0 heterocycles. The van der Waals surface area contributed by atoms with Gasteiger partial charge in [0, 0.05) is 0 Å². The maximum Gasteiger partial charge on any atom is 0.318 e. The van der Waals surface area contributed by atoms with Gasteiger partial charge in [-0.2, -0.15) is 4.94 Å². The largest absolute Gasteiger partial charge is 0.318 e. The Morgan fingerprint density at radius 3 is 2.50 bits per heavy atom. The van der Waals surface area contributed by atoms with Crippen LogP contribution in [0.1, 0.15) is 5.56 Å². The molecule has 6 heteroatoms. The first kappa shape index (κ1) is 10.0. The number of hydrazine groups is 1. The lowest BCUT2D eigenvalue weighted by molar-refractivity contribution is -0.762. The van der Waals surface area contributed by atoms with Crippen molar-refractivity contribution in [1.29, 1.82) is 0 Å². The first-order valence-corrected chi connectivity index (χ1v) is 3.73. The van der Waals surface area contributed by atoms with Crippen LogP contribution in [0.5, 0.6) is 0 Å². The zero-order valence-corrected chi connectivity index (χ0v) is 7.29. The molecule has 0 fully saturated rings. The van der Waals surface area contributed by atoms with Gasteiger partial charge in [-0.15, -0.1) is 15.3 Å². The van der Waals surface area contributed by atoms with E-state index in [0.717, 1.165) is 5.56 Å². The number of rotatable bonds is 4. The molecule has 1 aromatic carbocycles. The molecule has 0 aliphatic carbocycles. The molecule has 0 amide bonds. The molecule has 0 radical (unpaired) electrons. The lowest BCUT2D eigenvalue weighted by atomic mass is 10.2. The summed E-state index contributed by atoms with van der Waals surface area (Å²) >= 11 is 0. The number of benzene rings is 1. The SMILES string of the molecule is C=Cc1ccc(N(N)O[N+](=O)[O-])cc1. The van der Waals surface area contributed by atoms with Gasteiger partial charge in [-0.1, -0.05) is 24.8 Å². The van der Waals surface area contributed by atoms with Gasteiger partial charge in [-0.3, -0.25) is 0 Å². The minimum Gasteiger partial charge on any atom is -0.223 e. The van der Waals surface area contributed by atoms with Crippen LogP contribution in [0.25, 0.3) is 6.08 Å². The summed E-state index contributed by atoms with van der Waals surface area (Å²) in [7, 11) is 0. The molecule has 0 bridgehead atoms. The van der Waals surface area contributed by atoms with E-state index in [4.69, 9.17) is 5.84 Å². The van der Waals surface area contributed by atoms with E-state index in [-0.39, 0.29) is 0 Å². The van der Waals surface area contributed by atoms with Crippen molar-refractivity contribution in [1.82, 2.24) is 0 Å². The minimum absolute atomic E-state index is 0.382. The van der Waals surface area contributed by atoms with Crippen molar-refractivity contribution in [2.75, 3.05) is 5.17 Å². The van der Waals surface area contributed by atoms with Gasteiger partial charge in [0.15, 0.2) is 0 Å². The van der Waals surface area contributed by atoms with Crippen molar-refractivity contribution >= 4 is 11.8 Å². The molecule has 0 aliphatic rings. The molecule has 0 aromatic heterocycles. The van der Waals surface area contributed by atoms with Crippen molar-refractivity contribution in [2.24, 2.45) is 5.84 Å². The highest BCUT2D eigenvalue weighted by Gasteiger charge is 2.04. The van der Waals surface area contributed by atoms with E-state index < -0.39 is 5.09 Å². The van der Waals surface area contributed by atoms with Crippen LogP contribution in [0.2, 0.25) is 0 Å².